The van der Waals surface area contributed by atoms with E-state index in [4.69, 9.17) is 11.6 Å². The Morgan fingerprint density at radius 2 is 1.68 bits per heavy atom. The maximum Gasteiger partial charge on any atom is 0.318 e. The summed E-state index contributed by atoms with van der Waals surface area (Å²) in [4.78, 5) is 28.3. The molecule has 2 N–H and O–H groups in total. The average Bonchev–Trinajstić information content (AvgIpc) is 2.60. The minimum absolute atomic E-state index is 0.151. The predicted octanol–water partition coefficient (Wildman–Crippen LogP) is 2.33. The summed E-state index contributed by atoms with van der Waals surface area (Å²) < 4.78 is 0. The molecule has 1 heterocycles. The third-order valence-electron chi connectivity index (χ3n) is 4.18. The molecular weight excluding hydrogens is 340 g/mol. The van der Waals surface area contributed by atoms with Gasteiger partial charge in [0.05, 0.1) is 0 Å². The van der Waals surface area contributed by atoms with Gasteiger partial charge in [-0.3, -0.25) is 4.79 Å². The maximum atomic E-state index is 12.3. The third-order valence-corrected chi connectivity index (χ3v) is 4.43. The van der Waals surface area contributed by atoms with Crippen molar-refractivity contribution in [3.8, 4) is 0 Å². The molecule has 1 aromatic rings. The van der Waals surface area contributed by atoms with Crippen molar-refractivity contribution >= 4 is 29.2 Å². The number of nitrogens with zero attached hydrogens (tertiary/aromatic N) is 2. The van der Waals surface area contributed by atoms with Crippen molar-refractivity contribution in [3.63, 3.8) is 0 Å². The van der Waals surface area contributed by atoms with Crippen LogP contribution in [0.4, 0.5) is 10.5 Å². The van der Waals surface area contributed by atoms with Crippen LogP contribution in [0.25, 0.3) is 0 Å². The first-order valence-corrected chi connectivity index (χ1v) is 9.08. The first-order valence-electron chi connectivity index (χ1n) is 8.70. The summed E-state index contributed by atoms with van der Waals surface area (Å²) in [5.41, 5.74) is 1.10. The molecule has 0 saturated carbocycles. The van der Waals surface area contributed by atoms with E-state index in [2.05, 4.69) is 15.5 Å². The molecule has 0 aliphatic carbocycles. The maximum absolute atomic E-state index is 12.3. The number of amides is 3. The highest BCUT2D eigenvalue weighted by Crippen LogP contribution is 2.19. The molecular formula is C18H27ClN4O2. The van der Waals surface area contributed by atoms with Crippen LogP contribution in [0, 0.1) is 5.92 Å². The highest BCUT2D eigenvalue weighted by molar-refractivity contribution is 6.30. The zero-order valence-electron chi connectivity index (χ0n) is 15.1. The number of anilines is 1. The number of benzene rings is 1. The molecule has 0 unspecified atom stereocenters. The van der Waals surface area contributed by atoms with E-state index < -0.39 is 6.04 Å². The molecule has 7 heteroatoms. The monoisotopic (exact) mass is 366 g/mol. The molecule has 0 bridgehead atoms. The molecule has 2 rings (SSSR count). The fourth-order valence-electron chi connectivity index (χ4n) is 2.62. The van der Waals surface area contributed by atoms with Crippen LogP contribution in [-0.4, -0.2) is 55.6 Å². The summed E-state index contributed by atoms with van der Waals surface area (Å²) in [5, 5.41) is 6.32. The number of hydrogen-bond acceptors (Lipinski definition) is 3. The molecule has 1 aliphatic rings. The molecule has 1 saturated heterocycles. The van der Waals surface area contributed by atoms with Crippen LogP contribution in [0.2, 0.25) is 5.02 Å². The lowest BCUT2D eigenvalue weighted by Crippen LogP contribution is -2.55. The lowest BCUT2D eigenvalue weighted by molar-refractivity contribution is -0.122. The highest BCUT2D eigenvalue weighted by atomic mass is 35.5. The standard InChI is InChI=1S/C18H27ClN4O2/c1-13(2)12-20-17(24)14(3)21-18(25)23-10-8-22(9-11-23)16-6-4-15(19)5-7-16/h4-7,13-14H,8-12H2,1-3H3,(H,20,24)(H,21,25)/t14-/m0/s1. The average molecular weight is 367 g/mol. The van der Waals surface area contributed by atoms with Gasteiger partial charge in [0.1, 0.15) is 6.04 Å². The van der Waals surface area contributed by atoms with E-state index in [0.717, 1.165) is 18.8 Å². The molecule has 0 spiro atoms. The highest BCUT2D eigenvalue weighted by Gasteiger charge is 2.24. The van der Waals surface area contributed by atoms with Crippen molar-refractivity contribution in [2.75, 3.05) is 37.6 Å². The van der Waals surface area contributed by atoms with Gasteiger partial charge in [0.2, 0.25) is 5.91 Å². The van der Waals surface area contributed by atoms with E-state index in [1.54, 1.807) is 11.8 Å². The summed E-state index contributed by atoms with van der Waals surface area (Å²) in [6.45, 7) is 9.12. The van der Waals surface area contributed by atoms with Crippen molar-refractivity contribution in [2.24, 2.45) is 5.92 Å². The van der Waals surface area contributed by atoms with Crippen LogP contribution in [0.1, 0.15) is 20.8 Å². The lowest BCUT2D eigenvalue weighted by Gasteiger charge is -2.36. The van der Waals surface area contributed by atoms with E-state index in [1.807, 2.05) is 38.1 Å². The van der Waals surface area contributed by atoms with Gasteiger partial charge in [-0.1, -0.05) is 25.4 Å². The predicted molar refractivity (Wildman–Crippen MR) is 101 cm³/mol. The molecule has 0 aromatic heterocycles. The summed E-state index contributed by atoms with van der Waals surface area (Å²) >= 11 is 5.92. The van der Waals surface area contributed by atoms with Crippen molar-refractivity contribution in [1.82, 2.24) is 15.5 Å². The molecule has 3 amide bonds. The molecule has 1 aromatic carbocycles. The van der Waals surface area contributed by atoms with Crippen LogP contribution in [0.3, 0.4) is 0 Å². The fourth-order valence-corrected chi connectivity index (χ4v) is 2.75. The molecule has 1 atom stereocenters. The van der Waals surface area contributed by atoms with Crippen molar-refractivity contribution < 1.29 is 9.59 Å². The van der Waals surface area contributed by atoms with Gasteiger partial charge in [0.15, 0.2) is 0 Å². The number of piperazine rings is 1. The quantitative estimate of drug-likeness (QED) is 0.840. The topological polar surface area (TPSA) is 64.7 Å². The Kier molecular flexibility index (Phi) is 6.93. The summed E-state index contributed by atoms with van der Waals surface area (Å²) in [5.74, 6) is 0.231. The number of nitrogens with one attached hydrogen (secondary N) is 2. The van der Waals surface area contributed by atoms with Gasteiger partial charge >= 0.3 is 6.03 Å². The molecule has 138 valence electrons. The van der Waals surface area contributed by atoms with Crippen LogP contribution < -0.4 is 15.5 Å². The first kappa shape index (κ1) is 19.4. The summed E-state index contributed by atoms with van der Waals surface area (Å²) in [6, 6.07) is 6.97. The van der Waals surface area contributed by atoms with Gasteiger partial charge in [-0.05, 0) is 37.1 Å². The Morgan fingerprint density at radius 3 is 2.24 bits per heavy atom. The van der Waals surface area contributed by atoms with Gasteiger partial charge < -0.3 is 20.4 Å². The van der Waals surface area contributed by atoms with Crippen molar-refractivity contribution in [3.05, 3.63) is 29.3 Å². The van der Waals surface area contributed by atoms with Gasteiger partial charge in [0, 0.05) is 43.4 Å². The Balaban J connectivity index is 1.78. The zero-order chi connectivity index (χ0) is 18.4. The molecule has 1 aliphatic heterocycles. The van der Waals surface area contributed by atoms with Gasteiger partial charge in [-0.25, -0.2) is 4.79 Å². The van der Waals surface area contributed by atoms with Crippen LogP contribution >= 0.6 is 11.6 Å². The normalized spacial score (nSPS) is 15.9. The fraction of sp³-hybridized carbons (Fsp3) is 0.556. The number of hydrogen-bond donors (Lipinski definition) is 2. The van der Waals surface area contributed by atoms with Gasteiger partial charge in [0.25, 0.3) is 0 Å². The van der Waals surface area contributed by atoms with Gasteiger partial charge in [-0.2, -0.15) is 0 Å². The van der Waals surface area contributed by atoms with Crippen molar-refractivity contribution in [2.45, 2.75) is 26.8 Å². The Hall–Kier alpha value is -1.95. The van der Waals surface area contributed by atoms with Crippen LogP contribution in [0.15, 0.2) is 24.3 Å². The minimum Gasteiger partial charge on any atom is -0.368 e. The Morgan fingerprint density at radius 1 is 1.08 bits per heavy atom. The smallest absolute Gasteiger partial charge is 0.318 e. The lowest BCUT2D eigenvalue weighted by atomic mass is 10.2. The SMILES string of the molecule is CC(C)CNC(=O)[C@H](C)NC(=O)N1CCN(c2ccc(Cl)cc2)CC1. The van der Waals surface area contributed by atoms with Crippen LogP contribution in [-0.2, 0) is 4.79 Å². The van der Waals surface area contributed by atoms with E-state index in [1.165, 1.54) is 0 Å². The number of urea groups is 1. The second-order valence-corrected chi connectivity index (χ2v) is 7.20. The van der Waals surface area contributed by atoms with Crippen molar-refractivity contribution in [1.29, 1.82) is 0 Å². The van der Waals surface area contributed by atoms with Crippen LogP contribution in [0.5, 0.6) is 0 Å². The van der Waals surface area contributed by atoms with E-state index >= 15 is 0 Å². The third kappa shape index (κ3) is 5.81. The second-order valence-electron chi connectivity index (χ2n) is 6.76. The molecule has 6 nitrogen and oxygen atoms in total. The Bertz CT molecular complexity index is 583. The summed E-state index contributed by atoms with van der Waals surface area (Å²) in [6.07, 6.45) is 0. The molecule has 1 fully saturated rings. The first-order chi connectivity index (χ1) is 11.9. The summed E-state index contributed by atoms with van der Waals surface area (Å²) in [7, 11) is 0. The molecule has 0 radical (unpaired) electrons. The number of carbonyl (C=O) groups excluding carboxylic acids is 2. The van der Waals surface area contributed by atoms with E-state index in [-0.39, 0.29) is 11.9 Å². The second kappa shape index (κ2) is 8.94. The number of carbonyl (C=O) groups is 2. The van der Waals surface area contributed by atoms with Gasteiger partial charge in [-0.15, -0.1) is 0 Å². The zero-order valence-corrected chi connectivity index (χ0v) is 15.8. The minimum atomic E-state index is -0.541. The van der Waals surface area contributed by atoms with E-state index in [9.17, 15) is 9.59 Å². The largest absolute Gasteiger partial charge is 0.368 e. The van der Waals surface area contributed by atoms with E-state index in [0.29, 0.717) is 30.6 Å². The number of halogens is 1. The molecule has 25 heavy (non-hydrogen) atoms. The Labute approximate surface area is 154 Å². The number of rotatable bonds is 5.